The SMILES string of the molecule is CCNC(Cc1ccoc1)CC1CCCC1. The van der Waals surface area contributed by atoms with Crippen molar-refractivity contribution in [2.24, 2.45) is 5.92 Å². The quantitative estimate of drug-likeness (QED) is 0.796. The highest BCUT2D eigenvalue weighted by Crippen LogP contribution is 2.29. The molecule has 1 fully saturated rings. The van der Waals surface area contributed by atoms with Crippen LogP contribution in [0.2, 0.25) is 0 Å². The van der Waals surface area contributed by atoms with E-state index in [-0.39, 0.29) is 0 Å². The van der Waals surface area contributed by atoms with Gasteiger partial charge in [-0.25, -0.2) is 0 Å². The Morgan fingerprint density at radius 2 is 2.25 bits per heavy atom. The Morgan fingerprint density at radius 1 is 1.44 bits per heavy atom. The van der Waals surface area contributed by atoms with Crippen LogP contribution in [0.25, 0.3) is 0 Å². The van der Waals surface area contributed by atoms with Gasteiger partial charge in [-0.1, -0.05) is 32.6 Å². The first-order chi connectivity index (χ1) is 7.88. The van der Waals surface area contributed by atoms with Crippen molar-refractivity contribution in [3.63, 3.8) is 0 Å². The minimum atomic E-state index is 0.630. The maximum Gasteiger partial charge on any atom is 0.0935 e. The number of hydrogen-bond donors (Lipinski definition) is 1. The van der Waals surface area contributed by atoms with Gasteiger partial charge in [0.15, 0.2) is 0 Å². The Bertz CT molecular complexity index is 275. The van der Waals surface area contributed by atoms with Crippen molar-refractivity contribution in [3.05, 3.63) is 24.2 Å². The highest BCUT2D eigenvalue weighted by Gasteiger charge is 2.20. The van der Waals surface area contributed by atoms with Gasteiger partial charge in [0.2, 0.25) is 0 Å². The number of hydrogen-bond acceptors (Lipinski definition) is 2. The summed E-state index contributed by atoms with van der Waals surface area (Å²) in [6, 6.07) is 2.71. The topological polar surface area (TPSA) is 25.2 Å². The van der Waals surface area contributed by atoms with Gasteiger partial charge in [0, 0.05) is 6.04 Å². The van der Waals surface area contributed by atoms with Crippen molar-refractivity contribution < 1.29 is 4.42 Å². The maximum atomic E-state index is 5.14. The lowest BCUT2D eigenvalue weighted by molar-refractivity contribution is 0.389. The van der Waals surface area contributed by atoms with Crippen LogP contribution in [-0.2, 0) is 6.42 Å². The van der Waals surface area contributed by atoms with Crippen molar-refractivity contribution >= 4 is 0 Å². The lowest BCUT2D eigenvalue weighted by Crippen LogP contribution is -2.32. The van der Waals surface area contributed by atoms with E-state index in [1.54, 1.807) is 6.26 Å². The van der Waals surface area contributed by atoms with Crippen LogP contribution >= 0.6 is 0 Å². The van der Waals surface area contributed by atoms with Crippen LogP contribution in [0.3, 0.4) is 0 Å². The maximum absolute atomic E-state index is 5.14. The Balaban J connectivity index is 1.83. The first-order valence-corrected chi connectivity index (χ1v) is 6.63. The molecule has 16 heavy (non-hydrogen) atoms. The molecule has 0 amide bonds. The predicted octanol–water partition coefficient (Wildman–Crippen LogP) is 3.38. The van der Waals surface area contributed by atoms with Crippen LogP contribution in [-0.4, -0.2) is 12.6 Å². The molecule has 1 aliphatic carbocycles. The summed E-state index contributed by atoms with van der Waals surface area (Å²) in [6.07, 6.45) is 11.8. The summed E-state index contributed by atoms with van der Waals surface area (Å²) in [6.45, 7) is 3.26. The summed E-state index contributed by atoms with van der Waals surface area (Å²) in [5.41, 5.74) is 1.32. The second-order valence-corrected chi connectivity index (χ2v) is 4.98. The van der Waals surface area contributed by atoms with Crippen LogP contribution < -0.4 is 5.32 Å². The van der Waals surface area contributed by atoms with Crippen LogP contribution in [0.5, 0.6) is 0 Å². The van der Waals surface area contributed by atoms with Crippen molar-refractivity contribution in [1.82, 2.24) is 5.32 Å². The minimum Gasteiger partial charge on any atom is -0.472 e. The third-order valence-electron chi connectivity index (χ3n) is 3.65. The van der Waals surface area contributed by atoms with Gasteiger partial charge in [0.25, 0.3) is 0 Å². The number of rotatable bonds is 6. The second kappa shape index (κ2) is 6.09. The van der Waals surface area contributed by atoms with E-state index in [1.165, 1.54) is 37.7 Å². The second-order valence-electron chi connectivity index (χ2n) is 4.98. The lowest BCUT2D eigenvalue weighted by Gasteiger charge is -2.20. The monoisotopic (exact) mass is 221 g/mol. The number of furan rings is 1. The molecule has 2 nitrogen and oxygen atoms in total. The molecule has 1 aromatic rings. The Labute approximate surface area is 98.4 Å². The molecule has 0 aromatic carbocycles. The van der Waals surface area contributed by atoms with Gasteiger partial charge >= 0.3 is 0 Å². The van der Waals surface area contributed by atoms with Gasteiger partial charge in [-0.15, -0.1) is 0 Å². The highest BCUT2D eigenvalue weighted by molar-refractivity contribution is 5.07. The minimum absolute atomic E-state index is 0.630. The van der Waals surface area contributed by atoms with Crippen molar-refractivity contribution in [2.75, 3.05) is 6.54 Å². The van der Waals surface area contributed by atoms with Gasteiger partial charge in [-0.05, 0) is 36.9 Å². The van der Waals surface area contributed by atoms with E-state index in [9.17, 15) is 0 Å². The van der Waals surface area contributed by atoms with Crippen LogP contribution in [0, 0.1) is 5.92 Å². The van der Waals surface area contributed by atoms with E-state index in [2.05, 4.69) is 18.3 Å². The van der Waals surface area contributed by atoms with E-state index in [1.807, 2.05) is 6.26 Å². The molecule has 0 saturated heterocycles. The van der Waals surface area contributed by atoms with E-state index in [4.69, 9.17) is 4.42 Å². The standard InChI is InChI=1S/C14H23NO/c1-2-15-14(9-12-5-3-4-6-12)10-13-7-8-16-11-13/h7-8,11-12,14-15H,2-6,9-10H2,1H3. The van der Waals surface area contributed by atoms with Gasteiger partial charge in [-0.3, -0.25) is 0 Å². The molecule has 1 saturated carbocycles. The summed E-state index contributed by atoms with van der Waals surface area (Å²) < 4.78 is 5.14. The van der Waals surface area contributed by atoms with E-state index < -0.39 is 0 Å². The molecule has 90 valence electrons. The van der Waals surface area contributed by atoms with Crippen molar-refractivity contribution in [1.29, 1.82) is 0 Å². The van der Waals surface area contributed by atoms with E-state index in [0.717, 1.165) is 18.9 Å². The molecule has 0 spiro atoms. The van der Waals surface area contributed by atoms with Gasteiger partial charge in [-0.2, -0.15) is 0 Å². The molecule has 1 heterocycles. The third-order valence-corrected chi connectivity index (χ3v) is 3.65. The number of likely N-dealkylation sites (N-methyl/N-ethyl adjacent to an activating group) is 1. The molecule has 2 heteroatoms. The average molecular weight is 221 g/mol. The molecule has 1 atom stereocenters. The summed E-state index contributed by atoms with van der Waals surface area (Å²) in [5, 5.41) is 3.61. The first kappa shape index (κ1) is 11.7. The van der Waals surface area contributed by atoms with Crippen molar-refractivity contribution in [3.8, 4) is 0 Å². The van der Waals surface area contributed by atoms with E-state index in [0.29, 0.717) is 6.04 Å². The molecule has 1 unspecified atom stereocenters. The molecule has 1 aliphatic rings. The zero-order valence-electron chi connectivity index (χ0n) is 10.2. The fraction of sp³-hybridized carbons (Fsp3) is 0.714. The summed E-state index contributed by atoms with van der Waals surface area (Å²) in [5.74, 6) is 0.955. The largest absolute Gasteiger partial charge is 0.472 e. The van der Waals surface area contributed by atoms with Crippen LogP contribution in [0.15, 0.2) is 23.0 Å². The number of nitrogens with one attached hydrogen (secondary N) is 1. The highest BCUT2D eigenvalue weighted by atomic mass is 16.3. The zero-order valence-corrected chi connectivity index (χ0v) is 10.2. The van der Waals surface area contributed by atoms with Crippen LogP contribution in [0.1, 0.15) is 44.6 Å². The van der Waals surface area contributed by atoms with E-state index >= 15 is 0 Å². The summed E-state index contributed by atoms with van der Waals surface area (Å²) in [7, 11) is 0. The smallest absolute Gasteiger partial charge is 0.0935 e. The fourth-order valence-corrected chi connectivity index (χ4v) is 2.87. The van der Waals surface area contributed by atoms with Gasteiger partial charge in [0.1, 0.15) is 0 Å². The first-order valence-electron chi connectivity index (χ1n) is 6.63. The Hall–Kier alpha value is -0.760. The summed E-state index contributed by atoms with van der Waals surface area (Å²) >= 11 is 0. The summed E-state index contributed by atoms with van der Waals surface area (Å²) in [4.78, 5) is 0. The molecular formula is C14H23NO. The predicted molar refractivity (Wildman–Crippen MR) is 66.5 cm³/mol. The molecule has 0 bridgehead atoms. The van der Waals surface area contributed by atoms with Gasteiger partial charge in [0.05, 0.1) is 12.5 Å². The third kappa shape index (κ3) is 3.38. The molecule has 1 N–H and O–H groups in total. The van der Waals surface area contributed by atoms with Gasteiger partial charge < -0.3 is 9.73 Å². The molecule has 1 aromatic heterocycles. The average Bonchev–Trinajstić information content (AvgIpc) is 2.91. The molecule has 2 rings (SSSR count). The zero-order chi connectivity index (χ0) is 11.2. The Kier molecular flexibility index (Phi) is 4.46. The van der Waals surface area contributed by atoms with Crippen LogP contribution in [0.4, 0.5) is 0 Å². The van der Waals surface area contributed by atoms with Crippen molar-refractivity contribution in [2.45, 2.75) is 51.5 Å². The Morgan fingerprint density at radius 3 is 2.88 bits per heavy atom. The molecule has 0 aliphatic heterocycles. The fourth-order valence-electron chi connectivity index (χ4n) is 2.87. The molecular weight excluding hydrogens is 198 g/mol. The lowest BCUT2D eigenvalue weighted by atomic mass is 9.95. The normalized spacial score (nSPS) is 19.1. The molecule has 0 radical (unpaired) electrons.